The molecule has 1 aliphatic rings. The smallest absolute Gasteiger partial charge is 0.274 e. The fraction of sp³-hybridized carbons (Fsp3) is 0.286. The van der Waals surface area contributed by atoms with Crippen molar-refractivity contribution in [3.63, 3.8) is 0 Å². The molecule has 0 unspecified atom stereocenters. The maximum absolute atomic E-state index is 13.0. The van der Waals surface area contributed by atoms with Crippen LogP contribution in [0.5, 0.6) is 5.88 Å². The summed E-state index contributed by atoms with van der Waals surface area (Å²) in [6.07, 6.45) is 3.19. The highest BCUT2D eigenvalue weighted by Crippen LogP contribution is 2.29. The van der Waals surface area contributed by atoms with Gasteiger partial charge in [0, 0.05) is 17.6 Å². The van der Waals surface area contributed by atoms with Gasteiger partial charge in [0.1, 0.15) is 23.6 Å². The minimum Gasteiger partial charge on any atom is -0.468 e. The Bertz CT molecular complexity index is 1340. The van der Waals surface area contributed by atoms with E-state index in [1.807, 2.05) is 30.8 Å². The Morgan fingerprint density at radius 3 is 2.90 bits per heavy atom. The number of nitrogens with zero attached hydrogens (tertiary/aromatic N) is 6. The number of ether oxygens (including phenoxy) is 2. The van der Waals surface area contributed by atoms with Gasteiger partial charge in [-0.1, -0.05) is 0 Å². The Morgan fingerprint density at radius 1 is 1.35 bits per heavy atom. The number of nitriles is 1. The van der Waals surface area contributed by atoms with E-state index in [9.17, 15) is 4.79 Å². The molecule has 0 spiro atoms. The lowest BCUT2D eigenvalue weighted by molar-refractivity contribution is -0.0809. The number of rotatable bonds is 5. The first-order chi connectivity index (χ1) is 15.0. The molecule has 0 aliphatic carbocycles. The third-order valence-electron chi connectivity index (χ3n) is 5.00. The second-order valence-electron chi connectivity index (χ2n) is 7.60. The predicted molar refractivity (Wildman–Crippen MR) is 111 cm³/mol. The van der Waals surface area contributed by atoms with E-state index in [0.717, 1.165) is 5.39 Å². The molecule has 10 nitrogen and oxygen atoms in total. The molecule has 1 amide bonds. The zero-order chi connectivity index (χ0) is 21.5. The number of aromatic nitrogens is 5. The number of fused-ring (bicyclic) bond motifs is 2. The van der Waals surface area contributed by atoms with Crippen molar-refractivity contribution < 1.29 is 14.3 Å². The SMILES string of the molecule is CC(C)n1cc2cc(NC(=O)c3ccc4cc(C#N)cnn34)c(OC3COC3)nc2n1. The van der Waals surface area contributed by atoms with Gasteiger partial charge in [0.2, 0.25) is 5.88 Å². The molecule has 1 aliphatic heterocycles. The fourth-order valence-corrected chi connectivity index (χ4v) is 3.26. The lowest BCUT2D eigenvalue weighted by Crippen LogP contribution is -2.39. The van der Waals surface area contributed by atoms with Gasteiger partial charge in [-0.2, -0.15) is 20.4 Å². The van der Waals surface area contributed by atoms with Crippen LogP contribution in [-0.4, -0.2) is 49.6 Å². The molecule has 5 rings (SSSR count). The average molecular weight is 417 g/mol. The van der Waals surface area contributed by atoms with Crippen molar-refractivity contribution in [2.45, 2.75) is 26.0 Å². The van der Waals surface area contributed by atoms with Gasteiger partial charge in [0.05, 0.1) is 30.5 Å². The number of nitrogens with one attached hydrogen (secondary N) is 1. The minimum atomic E-state index is -0.371. The molecule has 4 aromatic rings. The number of anilines is 1. The van der Waals surface area contributed by atoms with Gasteiger partial charge >= 0.3 is 0 Å². The van der Waals surface area contributed by atoms with E-state index < -0.39 is 0 Å². The van der Waals surface area contributed by atoms with Crippen LogP contribution in [0.2, 0.25) is 0 Å². The van der Waals surface area contributed by atoms with E-state index >= 15 is 0 Å². The molecule has 1 fully saturated rings. The summed E-state index contributed by atoms with van der Waals surface area (Å²) < 4.78 is 14.4. The molecule has 31 heavy (non-hydrogen) atoms. The van der Waals surface area contributed by atoms with Gasteiger partial charge in [-0.05, 0) is 38.1 Å². The largest absolute Gasteiger partial charge is 0.468 e. The van der Waals surface area contributed by atoms with Crippen molar-refractivity contribution in [3.8, 4) is 11.9 Å². The third kappa shape index (κ3) is 3.45. The highest BCUT2D eigenvalue weighted by atomic mass is 16.6. The van der Waals surface area contributed by atoms with E-state index in [0.29, 0.717) is 47.2 Å². The summed E-state index contributed by atoms with van der Waals surface area (Å²) >= 11 is 0. The molecule has 0 aromatic carbocycles. The lowest BCUT2D eigenvalue weighted by Gasteiger charge is -2.26. The van der Waals surface area contributed by atoms with Crippen molar-refractivity contribution in [3.05, 3.63) is 47.9 Å². The minimum absolute atomic E-state index is 0.118. The number of hydrogen-bond donors (Lipinski definition) is 1. The fourth-order valence-electron chi connectivity index (χ4n) is 3.26. The van der Waals surface area contributed by atoms with Crippen molar-refractivity contribution >= 4 is 28.1 Å². The predicted octanol–water partition coefficient (Wildman–Crippen LogP) is 2.56. The molecule has 0 bridgehead atoms. The molecule has 5 heterocycles. The van der Waals surface area contributed by atoms with Crippen molar-refractivity contribution in [1.82, 2.24) is 24.4 Å². The molecular formula is C21H19N7O3. The summed E-state index contributed by atoms with van der Waals surface area (Å²) in [6.45, 7) is 5.00. The van der Waals surface area contributed by atoms with Crippen molar-refractivity contribution in [1.29, 1.82) is 5.26 Å². The van der Waals surface area contributed by atoms with E-state index in [2.05, 4.69) is 20.5 Å². The second-order valence-corrected chi connectivity index (χ2v) is 7.60. The normalized spacial score (nSPS) is 14.0. The molecule has 156 valence electrons. The van der Waals surface area contributed by atoms with Crippen molar-refractivity contribution in [2.75, 3.05) is 18.5 Å². The number of hydrogen-bond acceptors (Lipinski definition) is 7. The monoisotopic (exact) mass is 417 g/mol. The van der Waals surface area contributed by atoms with Gasteiger partial charge in [-0.15, -0.1) is 0 Å². The average Bonchev–Trinajstić information content (AvgIpc) is 3.33. The summed E-state index contributed by atoms with van der Waals surface area (Å²) in [4.78, 5) is 17.6. The van der Waals surface area contributed by atoms with Gasteiger partial charge in [0.25, 0.3) is 5.91 Å². The molecule has 0 saturated carbocycles. The summed E-state index contributed by atoms with van der Waals surface area (Å²) in [5.74, 6) is -0.0759. The van der Waals surface area contributed by atoms with E-state index in [1.54, 1.807) is 24.3 Å². The van der Waals surface area contributed by atoms with Crippen LogP contribution >= 0.6 is 0 Å². The highest BCUT2D eigenvalue weighted by molar-refractivity contribution is 6.05. The molecule has 1 N–H and O–H groups in total. The summed E-state index contributed by atoms with van der Waals surface area (Å²) in [6, 6.07) is 9.08. The van der Waals surface area contributed by atoms with Gasteiger partial charge in [0.15, 0.2) is 5.65 Å². The number of carbonyl (C=O) groups is 1. The zero-order valence-electron chi connectivity index (χ0n) is 16.9. The lowest BCUT2D eigenvalue weighted by atomic mass is 10.3. The van der Waals surface area contributed by atoms with Crippen LogP contribution in [0.25, 0.3) is 16.6 Å². The van der Waals surface area contributed by atoms with Crippen LogP contribution < -0.4 is 10.1 Å². The topological polar surface area (TPSA) is 119 Å². The molecule has 4 aromatic heterocycles. The van der Waals surface area contributed by atoms with Gasteiger partial charge in [-0.3, -0.25) is 9.48 Å². The van der Waals surface area contributed by atoms with E-state index in [1.165, 1.54) is 10.7 Å². The Labute approximate surface area is 177 Å². The molecule has 10 heteroatoms. The third-order valence-corrected chi connectivity index (χ3v) is 5.00. The van der Waals surface area contributed by atoms with Crippen molar-refractivity contribution in [2.24, 2.45) is 0 Å². The van der Waals surface area contributed by atoms with Crippen LogP contribution in [-0.2, 0) is 4.74 Å². The Morgan fingerprint density at radius 2 is 2.19 bits per heavy atom. The number of carbonyl (C=O) groups excluding carboxylic acids is 1. The summed E-state index contributed by atoms with van der Waals surface area (Å²) in [5.41, 5.74) is 2.39. The first kappa shape index (κ1) is 19.0. The van der Waals surface area contributed by atoms with Gasteiger partial charge < -0.3 is 14.8 Å². The molecule has 0 atom stereocenters. The second kappa shape index (κ2) is 7.37. The maximum atomic E-state index is 13.0. The van der Waals surface area contributed by atoms with E-state index in [-0.39, 0.29) is 18.1 Å². The standard InChI is InChI=1S/C21H19N7O3/c1-12(2)27-9-14-6-17(21(25-19(14)26-27)31-16-10-30-11-16)24-20(29)18-4-3-15-5-13(7-22)8-23-28(15)18/h3-6,8-9,12,16H,10-11H2,1-2H3,(H,24,29). The number of pyridine rings is 1. The zero-order valence-corrected chi connectivity index (χ0v) is 16.9. The van der Waals surface area contributed by atoms with Crippen LogP contribution in [0.1, 0.15) is 35.9 Å². The Kier molecular flexibility index (Phi) is 4.52. The van der Waals surface area contributed by atoms with Crippen LogP contribution in [0, 0.1) is 11.3 Å². The Balaban J connectivity index is 1.51. The molecule has 0 radical (unpaired) electrons. The Hall–Kier alpha value is -3.97. The quantitative estimate of drug-likeness (QED) is 0.530. The molecular weight excluding hydrogens is 398 g/mol. The van der Waals surface area contributed by atoms with Crippen LogP contribution in [0.3, 0.4) is 0 Å². The van der Waals surface area contributed by atoms with Crippen LogP contribution in [0.4, 0.5) is 5.69 Å². The van der Waals surface area contributed by atoms with Crippen LogP contribution in [0.15, 0.2) is 36.7 Å². The summed E-state index contributed by atoms with van der Waals surface area (Å²) in [5, 5.41) is 21.4. The first-order valence-electron chi connectivity index (χ1n) is 9.85. The number of amides is 1. The van der Waals surface area contributed by atoms with E-state index in [4.69, 9.17) is 14.7 Å². The van der Waals surface area contributed by atoms with Gasteiger partial charge in [-0.25, -0.2) is 4.52 Å². The maximum Gasteiger partial charge on any atom is 0.274 e. The highest BCUT2D eigenvalue weighted by Gasteiger charge is 2.24. The molecule has 1 saturated heterocycles. The summed E-state index contributed by atoms with van der Waals surface area (Å²) in [7, 11) is 0. The first-order valence-corrected chi connectivity index (χ1v) is 9.85.